The van der Waals surface area contributed by atoms with E-state index < -0.39 is 0 Å². The van der Waals surface area contributed by atoms with Gasteiger partial charge in [-0.25, -0.2) is 9.97 Å². The number of thiazole rings is 1. The Kier molecular flexibility index (Phi) is 7.18. The molecule has 0 radical (unpaired) electrons. The first-order valence-corrected chi connectivity index (χ1v) is 12.9. The van der Waals surface area contributed by atoms with Gasteiger partial charge in [0.2, 0.25) is 5.91 Å². The first-order valence-electron chi connectivity index (χ1n) is 12.0. The molecule has 0 unspecified atom stereocenters. The van der Waals surface area contributed by atoms with Crippen LogP contribution in [-0.2, 0) is 17.8 Å². The van der Waals surface area contributed by atoms with E-state index in [1.54, 1.807) is 11.3 Å². The van der Waals surface area contributed by atoms with Crippen LogP contribution in [0.2, 0.25) is 0 Å². The lowest BCUT2D eigenvalue weighted by Crippen LogP contribution is -2.49. The van der Waals surface area contributed by atoms with Crippen LogP contribution in [0.3, 0.4) is 0 Å². The average Bonchev–Trinajstić information content (AvgIpc) is 3.35. The van der Waals surface area contributed by atoms with E-state index in [2.05, 4.69) is 51.0 Å². The van der Waals surface area contributed by atoms with Crippen molar-refractivity contribution in [1.82, 2.24) is 24.7 Å². The molecule has 0 aliphatic carbocycles. The molecule has 2 aliphatic rings. The third-order valence-electron chi connectivity index (χ3n) is 6.67. The second-order valence-corrected chi connectivity index (χ2v) is 10.0. The first kappa shape index (κ1) is 23.0. The minimum Gasteiger partial charge on any atom is -0.353 e. The van der Waals surface area contributed by atoms with Crippen LogP contribution in [0.15, 0.2) is 54.0 Å². The molecule has 0 spiro atoms. The summed E-state index contributed by atoms with van der Waals surface area (Å²) in [6.45, 7) is 8.52. The third kappa shape index (κ3) is 5.63. The fraction of sp³-hybridized carbons (Fsp3) is 0.423. The Morgan fingerprint density at radius 1 is 0.971 bits per heavy atom. The third-order valence-corrected chi connectivity index (χ3v) is 7.61. The quantitative estimate of drug-likeness (QED) is 0.545. The van der Waals surface area contributed by atoms with Crippen molar-refractivity contribution in [3.63, 3.8) is 0 Å². The summed E-state index contributed by atoms with van der Waals surface area (Å²) < 4.78 is 0. The van der Waals surface area contributed by atoms with Crippen molar-refractivity contribution in [3.8, 4) is 10.6 Å². The molecule has 2 aliphatic heterocycles. The number of rotatable bonds is 6. The SMILES string of the molecule is CN1CCN(Cc2cccc(-c3nc(CC(=O)N4CCN(c5ccccn5)CC4)cs3)c2)CC1. The highest BCUT2D eigenvalue weighted by atomic mass is 32.1. The second kappa shape index (κ2) is 10.6. The van der Waals surface area contributed by atoms with Gasteiger partial charge in [-0.1, -0.05) is 24.3 Å². The number of amides is 1. The average molecular weight is 477 g/mol. The fourth-order valence-corrected chi connectivity index (χ4v) is 5.40. The maximum absolute atomic E-state index is 12.9. The molecule has 0 N–H and O–H groups in total. The minimum absolute atomic E-state index is 0.154. The van der Waals surface area contributed by atoms with E-state index in [4.69, 9.17) is 4.98 Å². The van der Waals surface area contributed by atoms with Gasteiger partial charge in [-0.05, 0) is 30.8 Å². The Bertz CT molecular complexity index is 1090. The largest absolute Gasteiger partial charge is 0.353 e. The van der Waals surface area contributed by atoms with Gasteiger partial charge in [-0.15, -0.1) is 11.3 Å². The Morgan fingerprint density at radius 3 is 2.56 bits per heavy atom. The molecule has 2 aromatic heterocycles. The van der Waals surface area contributed by atoms with Crippen molar-refractivity contribution >= 4 is 23.1 Å². The van der Waals surface area contributed by atoms with Crippen molar-refractivity contribution in [3.05, 3.63) is 65.3 Å². The van der Waals surface area contributed by atoms with Gasteiger partial charge in [0.1, 0.15) is 10.8 Å². The number of aromatic nitrogens is 2. The Morgan fingerprint density at radius 2 is 1.79 bits per heavy atom. The molecule has 7 nitrogen and oxygen atoms in total. The molecule has 2 saturated heterocycles. The number of benzene rings is 1. The zero-order valence-electron chi connectivity index (χ0n) is 19.8. The van der Waals surface area contributed by atoms with Gasteiger partial charge in [0.15, 0.2) is 0 Å². The Hall–Kier alpha value is -2.81. The molecule has 1 amide bonds. The number of pyridine rings is 1. The smallest absolute Gasteiger partial charge is 0.228 e. The maximum atomic E-state index is 12.9. The van der Waals surface area contributed by atoms with Crippen LogP contribution in [0.4, 0.5) is 5.82 Å². The van der Waals surface area contributed by atoms with E-state index in [1.165, 1.54) is 5.56 Å². The molecule has 0 bridgehead atoms. The van der Waals surface area contributed by atoms with Crippen molar-refractivity contribution < 1.29 is 4.79 Å². The predicted molar refractivity (Wildman–Crippen MR) is 137 cm³/mol. The van der Waals surface area contributed by atoms with E-state index in [0.717, 1.165) is 81.0 Å². The molecule has 34 heavy (non-hydrogen) atoms. The topological polar surface area (TPSA) is 55.8 Å². The highest BCUT2D eigenvalue weighted by Gasteiger charge is 2.22. The summed E-state index contributed by atoms with van der Waals surface area (Å²) in [4.78, 5) is 31.2. The lowest BCUT2D eigenvalue weighted by molar-refractivity contribution is -0.130. The molecule has 8 heteroatoms. The van der Waals surface area contributed by atoms with Gasteiger partial charge in [0, 0.05) is 76.0 Å². The molecule has 0 atom stereocenters. The normalized spacial score (nSPS) is 17.8. The molecule has 5 rings (SSSR count). The lowest BCUT2D eigenvalue weighted by atomic mass is 10.1. The number of carbonyl (C=O) groups is 1. The van der Waals surface area contributed by atoms with E-state index >= 15 is 0 Å². The number of hydrogen-bond acceptors (Lipinski definition) is 7. The van der Waals surface area contributed by atoms with Gasteiger partial charge in [-0.2, -0.15) is 0 Å². The summed E-state index contributed by atoms with van der Waals surface area (Å²) in [5.74, 6) is 1.13. The number of piperazine rings is 2. The molecule has 3 aromatic rings. The van der Waals surface area contributed by atoms with Gasteiger partial charge in [-0.3, -0.25) is 9.69 Å². The second-order valence-electron chi connectivity index (χ2n) is 9.16. The summed E-state index contributed by atoms with van der Waals surface area (Å²) in [5.41, 5.74) is 3.32. The van der Waals surface area contributed by atoms with Crippen molar-refractivity contribution in [2.24, 2.45) is 0 Å². The van der Waals surface area contributed by atoms with Gasteiger partial charge >= 0.3 is 0 Å². The molecule has 178 valence electrons. The van der Waals surface area contributed by atoms with Gasteiger partial charge < -0.3 is 14.7 Å². The van der Waals surface area contributed by atoms with Crippen LogP contribution >= 0.6 is 11.3 Å². The summed E-state index contributed by atoms with van der Waals surface area (Å²) in [6.07, 6.45) is 2.18. The summed E-state index contributed by atoms with van der Waals surface area (Å²) in [7, 11) is 2.19. The van der Waals surface area contributed by atoms with Crippen molar-refractivity contribution in [1.29, 1.82) is 0 Å². The predicted octanol–water partition coefficient (Wildman–Crippen LogP) is 2.84. The minimum atomic E-state index is 0.154. The number of nitrogens with zero attached hydrogens (tertiary/aromatic N) is 6. The molecular formula is C26H32N6OS. The Labute approximate surface area is 205 Å². The number of anilines is 1. The highest BCUT2D eigenvalue weighted by Crippen LogP contribution is 2.26. The Balaban J connectivity index is 1.16. The van der Waals surface area contributed by atoms with E-state index in [9.17, 15) is 4.79 Å². The van der Waals surface area contributed by atoms with Gasteiger partial charge in [0.25, 0.3) is 0 Å². The number of hydrogen-bond donors (Lipinski definition) is 0. The number of carbonyl (C=O) groups excluding carboxylic acids is 1. The van der Waals surface area contributed by atoms with Gasteiger partial charge in [0.05, 0.1) is 12.1 Å². The van der Waals surface area contributed by atoms with E-state index in [1.807, 2.05) is 34.7 Å². The molecule has 4 heterocycles. The zero-order chi connectivity index (χ0) is 23.3. The van der Waals surface area contributed by atoms with Crippen LogP contribution in [-0.4, -0.2) is 90.0 Å². The molecule has 1 aromatic carbocycles. The standard InChI is InChI=1S/C26H32N6OS/c1-29-9-11-30(12-10-29)19-21-5-4-6-22(17-21)26-28-23(20-34-26)18-25(33)32-15-13-31(14-16-32)24-7-2-3-8-27-24/h2-8,17,20H,9-16,18-19H2,1H3. The van der Waals surface area contributed by atoms with Crippen LogP contribution in [0.1, 0.15) is 11.3 Å². The van der Waals surface area contributed by atoms with E-state index in [-0.39, 0.29) is 5.91 Å². The zero-order valence-corrected chi connectivity index (χ0v) is 20.6. The summed E-state index contributed by atoms with van der Waals surface area (Å²) in [6, 6.07) is 14.6. The lowest BCUT2D eigenvalue weighted by Gasteiger charge is -2.35. The first-order chi connectivity index (χ1) is 16.6. The van der Waals surface area contributed by atoms with Crippen LogP contribution in [0, 0.1) is 0 Å². The van der Waals surface area contributed by atoms with Crippen molar-refractivity contribution in [2.75, 3.05) is 64.3 Å². The molecule has 0 saturated carbocycles. The molecular weight excluding hydrogens is 444 g/mol. The number of likely N-dealkylation sites (N-methyl/N-ethyl adjacent to an activating group) is 1. The van der Waals surface area contributed by atoms with Crippen LogP contribution in [0.5, 0.6) is 0 Å². The fourth-order valence-electron chi connectivity index (χ4n) is 4.58. The van der Waals surface area contributed by atoms with Crippen LogP contribution in [0.25, 0.3) is 10.6 Å². The van der Waals surface area contributed by atoms with Crippen molar-refractivity contribution in [2.45, 2.75) is 13.0 Å². The maximum Gasteiger partial charge on any atom is 0.228 e. The van der Waals surface area contributed by atoms with E-state index in [0.29, 0.717) is 6.42 Å². The highest BCUT2D eigenvalue weighted by molar-refractivity contribution is 7.13. The monoisotopic (exact) mass is 476 g/mol. The summed E-state index contributed by atoms with van der Waals surface area (Å²) in [5, 5.41) is 3.02. The summed E-state index contributed by atoms with van der Waals surface area (Å²) >= 11 is 1.63. The molecule has 2 fully saturated rings. The van der Waals surface area contributed by atoms with Crippen LogP contribution < -0.4 is 4.90 Å².